The number of fused-ring (bicyclic) bond motifs is 3. The molecule has 0 unspecified atom stereocenters. The Kier molecular flexibility index (Phi) is 2.21. The summed E-state index contributed by atoms with van der Waals surface area (Å²) in [7, 11) is 1.75. The fraction of sp³-hybridized carbons (Fsp3) is 0.0476. The summed E-state index contributed by atoms with van der Waals surface area (Å²) < 4.78 is 5.68. The normalized spacial score (nSPS) is 11.9. The van der Waals surface area contributed by atoms with E-state index >= 15 is 0 Å². The van der Waals surface area contributed by atoms with Crippen LogP contribution in [0.15, 0.2) is 66.7 Å². The first kappa shape index (κ1) is 11.8. The van der Waals surface area contributed by atoms with Crippen LogP contribution >= 0.6 is 0 Å². The average molecular weight is 282 g/mol. The van der Waals surface area contributed by atoms with Crippen molar-refractivity contribution in [2.75, 3.05) is 7.11 Å². The molecule has 0 heterocycles. The van der Waals surface area contributed by atoms with Gasteiger partial charge in [0.1, 0.15) is 5.75 Å². The number of methoxy groups -OCH3 is 1. The van der Waals surface area contributed by atoms with Crippen LogP contribution in [0.5, 0.6) is 5.75 Å². The average Bonchev–Trinajstić information content (AvgIpc) is 2.60. The topological polar surface area (TPSA) is 9.23 Å². The van der Waals surface area contributed by atoms with Crippen molar-refractivity contribution in [3.63, 3.8) is 0 Å². The SMILES string of the molecule is COc1ccc2ccc3cccc4c5ccccc5c1c2c34. The van der Waals surface area contributed by atoms with E-state index in [9.17, 15) is 0 Å². The van der Waals surface area contributed by atoms with Crippen LogP contribution in [-0.4, -0.2) is 7.11 Å². The maximum Gasteiger partial charge on any atom is 0.127 e. The predicted molar refractivity (Wildman–Crippen MR) is 94.2 cm³/mol. The first-order valence-electron chi connectivity index (χ1n) is 7.51. The summed E-state index contributed by atoms with van der Waals surface area (Å²) in [5, 5.41) is 10.3. The molecule has 0 bridgehead atoms. The molecule has 5 rings (SSSR count). The molecule has 1 heteroatoms. The largest absolute Gasteiger partial charge is 0.496 e. The quantitative estimate of drug-likeness (QED) is 0.281. The van der Waals surface area contributed by atoms with Crippen LogP contribution in [0.2, 0.25) is 0 Å². The van der Waals surface area contributed by atoms with Crippen molar-refractivity contribution >= 4 is 43.1 Å². The highest BCUT2D eigenvalue weighted by Gasteiger charge is 2.15. The second-order valence-corrected chi connectivity index (χ2v) is 5.76. The minimum Gasteiger partial charge on any atom is -0.496 e. The number of benzene rings is 5. The zero-order chi connectivity index (χ0) is 14.7. The lowest BCUT2D eigenvalue weighted by atomic mass is 9.89. The van der Waals surface area contributed by atoms with Gasteiger partial charge < -0.3 is 4.74 Å². The summed E-state index contributed by atoms with van der Waals surface area (Å²) in [4.78, 5) is 0. The van der Waals surface area contributed by atoms with Gasteiger partial charge in [-0.1, -0.05) is 60.7 Å². The van der Waals surface area contributed by atoms with Gasteiger partial charge in [-0.3, -0.25) is 0 Å². The molecule has 0 fully saturated rings. The molecule has 0 saturated carbocycles. The molecular weight excluding hydrogens is 268 g/mol. The summed E-state index contributed by atoms with van der Waals surface area (Å²) in [5.41, 5.74) is 0. The standard InChI is InChI=1S/C21H14O/c1-22-18-12-11-14-10-9-13-5-4-8-16-15-6-2-3-7-17(15)21(18)20(14)19(13)16/h2-12H,1H3. The number of ether oxygens (including phenoxy) is 1. The molecule has 0 aliphatic heterocycles. The van der Waals surface area contributed by atoms with Crippen LogP contribution in [0.25, 0.3) is 43.1 Å². The zero-order valence-electron chi connectivity index (χ0n) is 12.3. The molecule has 1 nitrogen and oxygen atoms in total. The van der Waals surface area contributed by atoms with E-state index in [1.54, 1.807) is 7.11 Å². The van der Waals surface area contributed by atoms with Crippen molar-refractivity contribution in [2.24, 2.45) is 0 Å². The van der Waals surface area contributed by atoms with E-state index in [0.717, 1.165) is 5.75 Å². The van der Waals surface area contributed by atoms with E-state index < -0.39 is 0 Å². The fourth-order valence-electron chi connectivity index (χ4n) is 3.77. The number of hydrogen-bond acceptors (Lipinski definition) is 1. The van der Waals surface area contributed by atoms with E-state index in [1.807, 2.05) is 0 Å². The Morgan fingerprint density at radius 2 is 1.18 bits per heavy atom. The van der Waals surface area contributed by atoms with Crippen LogP contribution in [0.3, 0.4) is 0 Å². The van der Waals surface area contributed by atoms with Crippen LogP contribution in [0.1, 0.15) is 0 Å². The minimum atomic E-state index is 0.946. The van der Waals surface area contributed by atoms with Gasteiger partial charge >= 0.3 is 0 Å². The van der Waals surface area contributed by atoms with Crippen LogP contribution < -0.4 is 4.74 Å². The second-order valence-electron chi connectivity index (χ2n) is 5.76. The summed E-state index contributed by atoms with van der Waals surface area (Å²) in [6.45, 7) is 0. The lowest BCUT2D eigenvalue weighted by Crippen LogP contribution is -1.90. The number of rotatable bonds is 1. The Labute approximate surface area is 128 Å². The highest BCUT2D eigenvalue weighted by molar-refractivity contribution is 6.34. The van der Waals surface area contributed by atoms with Gasteiger partial charge in [-0.15, -0.1) is 0 Å². The molecule has 0 aliphatic rings. The molecule has 0 saturated heterocycles. The molecule has 0 aliphatic carbocycles. The highest BCUT2D eigenvalue weighted by Crippen LogP contribution is 2.43. The Bertz CT molecular complexity index is 1150. The molecule has 0 spiro atoms. The third-order valence-electron chi connectivity index (χ3n) is 4.69. The van der Waals surface area contributed by atoms with Crippen molar-refractivity contribution in [3.05, 3.63) is 66.7 Å². The van der Waals surface area contributed by atoms with Crippen LogP contribution in [0.4, 0.5) is 0 Å². The first-order chi connectivity index (χ1) is 10.9. The van der Waals surface area contributed by atoms with Gasteiger partial charge in [0.15, 0.2) is 0 Å². The van der Waals surface area contributed by atoms with E-state index in [-0.39, 0.29) is 0 Å². The van der Waals surface area contributed by atoms with Gasteiger partial charge in [-0.2, -0.15) is 0 Å². The molecule has 0 N–H and O–H groups in total. The Hall–Kier alpha value is -2.80. The van der Waals surface area contributed by atoms with E-state index in [4.69, 9.17) is 4.74 Å². The van der Waals surface area contributed by atoms with Gasteiger partial charge in [0.25, 0.3) is 0 Å². The van der Waals surface area contributed by atoms with Gasteiger partial charge in [0, 0.05) is 10.8 Å². The summed E-state index contributed by atoms with van der Waals surface area (Å²) in [6, 6.07) is 23.8. The van der Waals surface area contributed by atoms with Crippen LogP contribution in [0, 0.1) is 0 Å². The van der Waals surface area contributed by atoms with Crippen molar-refractivity contribution in [1.82, 2.24) is 0 Å². The smallest absolute Gasteiger partial charge is 0.127 e. The van der Waals surface area contributed by atoms with Gasteiger partial charge in [0.2, 0.25) is 0 Å². The van der Waals surface area contributed by atoms with Gasteiger partial charge in [-0.25, -0.2) is 0 Å². The molecule has 22 heavy (non-hydrogen) atoms. The second kappa shape index (κ2) is 4.11. The molecule has 0 aromatic heterocycles. The predicted octanol–water partition coefficient (Wildman–Crippen LogP) is 5.75. The van der Waals surface area contributed by atoms with Crippen molar-refractivity contribution in [2.45, 2.75) is 0 Å². The molecule has 104 valence electrons. The third-order valence-corrected chi connectivity index (χ3v) is 4.69. The summed E-state index contributed by atoms with van der Waals surface area (Å²) in [5.74, 6) is 0.946. The third kappa shape index (κ3) is 1.33. The lowest BCUT2D eigenvalue weighted by molar-refractivity contribution is 0.420. The maximum absolute atomic E-state index is 5.68. The first-order valence-corrected chi connectivity index (χ1v) is 7.51. The summed E-state index contributed by atoms with van der Waals surface area (Å²) >= 11 is 0. The Balaban J connectivity index is 2.29. The minimum absolute atomic E-state index is 0.946. The monoisotopic (exact) mass is 282 g/mol. The van der Waals surface area contributed by atoms with E-state index in [0.29, 0.717) is 0 Å². The molecule has 5 aromatic rings. The van der Waals surface area contributed by atoms with E-state index in [1.165, 1.54) is 43.1 Å². The lowest BCUT2D eigenvalue weighted by Gasteiger charge is -2.16. The van der Waals surface area contributed by atoms with Gasteiger partial charge in [-0.05, 0) is 38.4 Å². The Morgan fingerprint density at radius 1 is 0.545 bits per heavy atom. The molecule has 0 radical (unpaired) electrons. The zero-order valence-corrected chi connectivity index (χ0v) is 12.3. The molecule has 0 amide bonds. The molecular formula is C21H14O. The van der Waals surface area contributed by atoms with Gasteiger partial charge in [0.05, 0.1) is 7.11 Å². The Morgan fingerprint density at radius 3 is 2.00 bits per heavy atom. The van der Waals surface area contributed by atoms with Crippen molar-refractivity contribution < 1.29 is 4.74 Å². The van der Waals surface area contributed by atoms with Crippen molar-refractivity contribution in [1.29, 1.82) is 0 Å². The van der Waals surface area contributed by atoms with Crippen LogP contribution in [-0.2, 0) is 0 Å². The summed E-state index contributed by atoms with van der Waals surface area (Å²) in [6.07, 6.45) is 0. The molecule has 0 atom stereocenters. The van der Waals surface area contributed by atoms with E-state index in [2.05, 4.69) is 66.7 Å². The van der Waals surface area contributed by atoms with Crippen molar-refractivity contribution in [3.8, 4) is 5.75 Å². The molecule has 5 aromatic carbocycles. The highest BCUT2D eigenvalue weighted by atomic mass is 16.5. The maximum atomic E-state index is 5.68. The fourth-order valence-corrected chi connectivity index (χ4v) is 3.77. The number of hydrogen-bond donors (Lipinski definition) is 0.